The average Bonchev–Trinajstić information content (AvgIpc) is 3.45. The molecule has 4 N–H and O–H groups in total. The summed E-state index contributed by atoms with van der Waals surface area (Å²) in [7, 11) is 5.91. The number of amides is 1. The standard InChI is InChI=1S/C35H46N10O/c1-7-29(24(2)3)33-39-35(44-19-16-27(36)17-20-44)40-34(43(33)6)37-22-25-11-8-9-12-31(25)45-23-26-21-28(14-15-30(26)41-45)38-32(46)13-10-18-42(4)5/h7-15,21,23-24,27H,1,16-20,22,36H2,2-6H3,(H,38,46)(H,37,39,40)/b13-10+,33-29+. The van der Waals surface area contributed by atoms with Gasteiger partial charge in [0.15, 0.2) is 0 Å². The Morgan fingerprint density at radius 3 is 2.70 bits per heavy atom. The number of rotatable bonds is 9. The zero-order valence-corrected chi connectivity index (χ0v) is 27.6. The number of para-hydroxylation sites is 1. The zero-order valence-electron chi connectivity index (χ0n) is 27.6. The number of hydrogen-bond donors (Lipinski definition) is 3. The molecule has 2 aromatic carbocycles. The maximum atomic E-state index is 12.4. The SMILES string of the molecule is C=C/C(=C1/NC(N2CCC(N)CC2)=NC(=NCc2ccccc2-n2cc3cc(NC(=O)/C=C/CN(C)C)ccc3n2)N1C)C(C)C. The first-order chi connectivity index (χ1) is 22.1. The number of carbonyl (C=O) groups is 1. The minimum absolute atomic E-state index is 0.165. The normalized spacial score (nSPS) is 18.1. The van der Waals surface area contributed by atoms with Gasteiger partial charge in [0.2, 0.25) is 17.8 Å². The number of fused-ring (bicyclic) bond motifs is 1. The molecule has 46 heavy (non-hydrogen) atoms. The van der Waals surface area contributed by atoms with E-state index in [9.17, 15) is 4.79 Å². The Bertz CT molecular complexity index is 1690. The first-order valence-electron chi connectivity index (χ1n) is 15.8. The van der Waals surface area contributed by atoms with E-state index < -0.39 is 0 Å². The molecular weight excluding hydrogens is 576 g/mol. The summed E-state index contributed by atoms with van der Waals surface area (Å²) in [6.07, 6.45) is 9.13. The molecule has 0 saturated carbocycles. The third-order valence-corrected chi connectivity index (χ3v) is 8.17. The van der Waals surface area contributed by atoms with E-state index in [1.165, 1.54) is 0 Å². The van der Waals surface area contributed by atoms with Crippen molar-refractivity contribution in [2.45, 2.75) is 39.3 Å². The van der Waals surface area contributed by atoms with Crippen LogP contribution in [-0.4, -0.2) is 89.1 Å². The lowest BCUT2D eigenvalue weighted by Crippen LogP contribution is -2.53. The predicted molar refractivity (Wildman–Crippen MR) is 188 cm³/mol. The first kappa shape index (κ1) is 32.6. The summed E-state index contributed by atoms with van der Waals surface area (Å²) >= 11 is 0. The summed E-state index contributed by atoms with van der Waals surface area (Å²) in [5, 5.41) is 12.3. The molecular formula is C35H46N10O. The number of nitrogens with two attached hydrogens (primary N) is 1. The third-order valence-electron chi connectivity index (χ3n) is 8.17. The van der Waals surface area contributed by atoms with E-state index >= 15 is 0 Å². The van der Waals surface area contributed by atoms with Crippen LogP contribution in [0, 0.1) is 5.92 Å². The lowest BCUT2D eigenvalue weighted by atomic mass is 10.0. The van der Waals surface area contributed by atoms with Crippen molar-refractivity contribution in [3.63, 3.8) is 0 Å². The van der Waals surface area contributed by atoms with E-state index in [0.717, 1.165) is 65.4 Å². The molecule has 0 unspecified atom stereocenters. The molecule has 0 atom stereocenters. The van der Waals surface area contributed by atoms with Crippen molar-refractivity contribution in [2.75, 3.05) is 46.1 Å². The first-order valence-corrected chi connectivity index (χ1v) is 15.8. The minimum Gasteiger partial charge on any atom is -0.342 e. The Labute approximate surface area is 271 Å². The van der Waals surface area contributed by atoms with Gasteiger partial charge in [-0.2, -0.15) is 10.1 Å². The van der Waals surface area contributed by atoms with Crippen molar-refractivity contribution < 1.29 is 4.79 Å². The average molecular weight is 623 g/mol. The summed E-state index contributed by atoms with van der Waals surface area (Å²) in [4.78, 5) is 28.7. The van der Waals surface area contributed by atoms with Gasteiger partial charge in [0.25, 0.3) is 0 Å². The number of piperidine rings is 1. The van der Waals surface area contributed by atoms with E-state index in [1.807, 2.05) is 90.4 Å². The lowest BCUT2D eigenvalue weighted by molar-refractivity contribution is -0.111. The monoisotopic (exact) mass is 622 g/mol. The number of guanidine groups is 2. The molecule has 1 aromatic heterocycles. The summed E-state index contributed by atoms with van der Waals surface area (Å²) in [6.45, 7) is 11.2. The molecule has 5 rings (SSSR count). The van der Waals surface area contributed by atoms with Gasteiger partial charge in [0.1, 0.15) is 5.82 Å². The largest absolute Gasteiger partial charge is 0.342 e. The smallest absolute Gasteiger partial charge is 0.248 e. The van der Waals surface area contributed by atoms with Gasteiger partial charge >= 0.3 is 0 Å². The van der Waals surface area contributed by atoms with Gasteiger partial charge in [0.05, 0.1) is 17.7 Å². The molecule has 0 aliphatic carbocycles. The van der Waals surface area contributed by atoms with Gasteiger partial charge < -0.3 is 26.2 Å². The number of benzene rings is 2. The number of anilines is 1. The molecule has 0 bridgehead atoms. The number of aromatic nitrogens is 2. The Morgan fingerprint density at radius 1 is 1.22 bits per heavy atom. The molecule has 2 aliphatic rings. The highest BCUT2D eigenvalue weighted by Gasteiger charge is 2.28. The van der Waals surface area contributed by atoms with Crippen LogP contribution in [0.25, 0.3) is 16.6 Å². The van der Waals surface area contributed by atoms with Crippen LogP contribution < -0.4 is 16.4 Å². The topological polar surface area (TPSA) is 119 Å². The number of likely N-dealkylation sites (tertiary alicyclic amines) is 1. The van der Waals surface area contributed by atoms with Crippen LogP contribution >= 0.6 is 0 Å². The highest BCUT2D eigenvalue weighted by atomic mass is 16.1. The molecule has 11 heteroatoms. The Balaban J connectivity index is 1.42. The Kier molecular flexibility index (Phi) is 10.3. The fourth-order valence-corrected chi connectivity index (χ4v) is 5.57. The van der Waals surface area contributed by atoms with Gasteiger partial charge in [-0.15, -0.1) is 0 Å². The van der Waals surface area contributed by atoms with Crippen molar-refractivity contribution in [3.8, 4) is 5.69 Å². The molecule has 3 aromatic rings. The van der Waals surface area contributed by atoms with E-state index in [1.54, 1.807) is 6.08 Å². The van der Waals surface area contributed by atoms with Crippen LogP contribution in [-0.2, 0) is 11.3 Å². The van der Waals surface area contributed by atoms with Gasteiger partial charge in [0, 0.05) is 56.1 Å². The molecule has 0 radical (unpaired) electrons. The van der Waals surface area contributed by atoms with Crippen LogP contribution in [0.4, 0.5) is 5.69 Å². The van der Waals surface area contributed by atoms with Crippen molar-refractivity contribution in [2.24, 2.45) is 21.6 Å². The lowest BCUT2D eigenvalue weighted by Gasteiger charge is -2.38. The van der Waals surface area contributed by atoms with Crippen LogP contribution in [0.5, 0.6) is 0 Å². The summed E-state index contributed by atoms with van der Waals surface area (Å²) in [5.41, 5.74) is 10.8. The van der Waals surface area contributed by atoms with Crippen molar-refractivity contribution in [1.29, 1.82) is 0 Å². The van der Waals surface area contributed by atoms with Gasteiger partial charge in [-0.25, -0.2) is 9.67 Å². The highest BCUT2D eigenvalue weighted by Crippen LogP contribution is 2.24. The van der Waals surface area contributed by atoms with Crippen LogP contribution in [0.15, 0.2) is 94.8 Å². The van der Waals surface area contributed by atoms with E-state index in [2.05, 4.69) is 42.0 Å². The fourth-order valence-electron chi connectivity index (χ4n) is 5.57. The van der Waals surface area contributed by atoms with E-state index in [0.29, 0.717) is 24.7 Å². The number of likely N-dealkylation sites (N-methyl/N-ethyl adjacent to an activating group) is 1. The Morgan fingerprint density at radius 2 is 1.98 bits per heavy atom. The fraction of sp³-hybridized carbons (Fsp3) is 0.371. The molecule has 242 valence electrons. The number of nitrogens with one attached hydrogen (secondary N) is 2. The number of hydrogen-bond acceptors (Lipinski definition) is 7. The minimum atomic E-state index is -0.165. The highest BCUT2D eigenvalue weighted by molar-refractivity contribution is 6.01. The number of carbonyl (C=O) groups excluding carboxylic acids is 1. The van der Waals surface area contributed by atoms with Gasteiger partial charge in [-0.1, -0.05) is 50.8 Å². The van der Waals surface area contributed by atoms with Crippen LogP contribution in [0.3, 0.4) is 0 Å². The molecule has 11 nitrogen and oxygen atoms in total. The van der Waals surface area contributed by atoms with Crippen molar-refractivity contribution in [1.82, 2.24) is 29.8 Å². The maximum Gasteiger partial charge on any atom is 0.248 e. The summed E-state index contributed by atoms with van der Waals surface area (Å²) < 4.78 is 1.88. The Hall–Kier alpha value is -4.74. The third kappa shape index (κ3) is 7.72. The molecule has 1 amide bonds. The second-order valence-corrected chi connectivity index (χ2v) is 12.4. The molecule has 1 saturated heterocycles. The number of allylic oxidation sites excluding steroid dienone is 2. The van der Waals surface area contributed by atoms with Crippen molar-refractivity contribution >= 4 is 34.4 Å². The van der Waals surface area contributed by atoms with E-state index in [-0.39, 0.29) is 17.9 Å². The van der Waals surface area contributed by atoms with Crippen LogP contribution in [0.2, 0.25) is 0 Å². The second-order valence-electron chi connectivity index (χ2n) is 12.4. The number of nitrogens with zero attached hydrogens (tertiary/aromatic N) is 7. The molecule has 3 heterocycles. The summed E-state index contributed by atoms with van der Waals surface area (Å²) in [5.74, 6) is 2.45. The summed E-state index contributed by atoms with van der Waals surface area (Å²) in [6, 6.07) is 14.1. The molecule has 1 fully saturated rings. The van der Waals surface area contributed by atoms with Crippen molar-refractivity contribution in [3.05, 3.63) is 90.4 Å². The van der Waals surface area contributed by atoms with Crippen LogP contribution in [0.1, 0.15) is 32.3 Å². The molecule has 0 spiro atoms. The quantitative estimate of drug-likeness (QED) is 0.305. The number of aliphatic imine (C=N–C) groups is 2. The van der Waals surface area contributed by atoms with E-state index in [4.69, 9.17) is 20.8 Å². The second kappa shape index (κ2) is 14.6. The van der Waals surface area contributed by atoms with Gasteiger partial charge in [-0.3, -0.25) is 9.69 Å². The maximum absolute atomic E-state index is 12.4. The molecule has 2 aliphatic heterocycles. The van der Waals surface area contributed by atoms with Gasteiger partial charge in [-0.05, 0) is 68.3 Å². The zero-order chi connectivity index (χ0) is 32.8. The predicted octanol–water partition coefficient (Wildman–Crippen LogP) is 4.31.